The largest absolute Gasteiger partial charge is 0.456 e. The van der Waals surface area contributed by atoms with Crippen molar-refractivity contribution in [1.29, 1.82) is 0 Å². The van der Waals surface area contributed by atoms with Crippen LogP contribution in [0.4, 0.5) is 5.69 Å². The first kappa shape index (κ1) is 30.2. The van der Waals surface area contributed by atoms with Gasteiger partial charge >= 0.3 is 5.97 Å². The molecule has 4 aromatic carbocycles. The van der Waals surface area contributed by atoms with Crippen LogP contribution in [0.25, 0.3) is 22.0 Å². The Morgan fingerprint density at radius 1 is 0.955 bits per heavy atom. The lowest BCUT2D eigenvalue weighted by Gasteiger charge is -2.20. The number of nitro groups is 1. The minimum Gasteiger partial charge on any atom is -0.456 e. The number of aryl methyl sites for hydroxylation is 1. The number of hydrogen-bond acceptors (Lipinski definition) is 5. The number of aromatic nitrogens is 1. The maximum atomic E-state index is 13.1. The Bertz CT molecular complexity index is 1850. The van der Waals surface area contributed by atoms with Crippen LogP contribution in [0.5, 0.6) is 0 Å². The molecule has 224 valence electrons. The first-order valence-electron chi connectivity index (χ1n) is 14.5. The van der Waals surface area contributed by atoms with E-state index >= 15 is 0 Å². The zero-order valence-corrected chi connectivity index (χ0v) is 25.5. The minimum atomic E-state index is -0.579. The van der Waals surface area contributed by atoms with Crippen molar-refractivity contribution in [3.05, 3.63) is 135 Å². The van der Waals surface area contributed by atoms with Gasteiger partial charge in [-0.1, -0.05) is 54.6 Å². The molecule has 0 fully saturated rings. The number of nitro benzene ring substituents is 1. The van der Waals surface area contributed by atoms with E-state index in [1.807, 2.05) is 83.1 Å². The number of carbonyl (C=O) groups is 2. The Morgan fingerprint density at radius 2 is 1.64 bits per heavy atom. The van der Waals surface area contributed by atoms with E-state index < -0.39 is 10.5 Å². The lowest BCUT2D eigenvalue weighted by Crippen LogP contribution is -2.26. The zero-order valence-electron chi connectivity index (χ0n) is 25.5. The lowest BCUT2D eigenvalue weighted by atomic mass is 9.98. The highest BCUT2D eigenvalue weighted by Crippen LogP contribution is 2.28. The van der Waals surface area contributed by atoms with Crippen LogP contribution >= 0.6 is 0 Å². The van der Waals surface area contributed by atoms with E-state index in [0.29, 0.717) is 17.7 Å². The van der Waals surface area contributed by atoms with Crippen molar-refractivity contribution >= 4 is 28.5 Å². The smallest absolute Gasteiger partial charge is 0.339 e. The fourth-order valence-electron chi connectivity index (χ4n) is 5.23. The fraction of sp³-hybridized carbons (Fsp3) is 0.222. The molecular weight excluding hydrogens is 554 g/mol. The van der Waals surface area contributed by atoms with Crippen molar-refractivity contribution in [2.24, 2.45) is 0 Å². The van der Waals surface area contributed by atoms with Crippen molar-refractivity contribution in [2.45, 2.75) is 52.8 Å². The van der Waals surface area contributed by atoms with Crippen LogP contribution < -0.4 is 5.32 Å². The first-order valence-corrected chi connectivity index (χ1v) is 14.5. The predicted octanol–water partition coefficient (Wildman–Crippen LogP) is 8.02. The van der Waals surface area contributed by atoms with Gasteiger partial charge in [0.25, 0.3) is 11.6 Å². The summed E-state index contributed by atoms with van der Waals surface area (Å²) in [6.45, 7) is 10.1. The highest BCUT2D eigenvalue weighted by molar-refractivity contribution is 5.99. The van der Waals surface area contributed by atoms with Gasteiger partial charge in [-0.2, -0.15) is 0 Å². The zero-order chi connectivity index (χ0) is 31.6. The van der Waals surface area contributed by atoms with E-state index in [1.54, 1.807) is 18.2 Å². The van der Waals surface area contributed by atoms with Crippen molar-refractivity contribution in [2.75, 3.05) is 0 Å². The third-order valence-corrected chi connectivity index (χ3v) is 7.46. The molecule has 1 heterocycles. The number of carbonyl (C=O) groups excluding carboxylic acids is 2. The minimum absolute atomic E-state index is 0.0113. The highest BCUT2D eigenvalue weighted by Gasteiger charge is 2.21. The molecule has 5 aromatic rings. The number of amides is 1. The van der Waals surface area contributed by atoms with E-state index in [9.17, 15) is 19.7 Å². The van der Waals surface area contributed by atoms with Gasteiger partial charge in [0.1, 0.15) is 5.60 Å². The van der Waals surface area contributed by atoms with Gasteiger partial charge in [-0.3, -0.25) is 14.9 Å². The maximum Gasteiger partial charge on any atom is 0.339 e. The van der Waals surface area contributed by atoms with Crippen molar-refractivity contribution in [3.63, 3.8) is 0 Å². The average molecular weight is 590 g/mol. The third-order valence-electron chi connectivity index (χ3n) is 7.46. The number of ether oxygens (including phenoxy) is 1. The molecule has 0 spiro atoms. The molecule has 44 heavy (non-hydrogen) atoms. The van der Waals surface area contributed by atoms with Crippen LogP contribution in [-0.2, 0) is 11.3 Å². The highest BCUT2D eigenvalue weighted by atomic mass is 16.6. The van der Waals surface area contributed by atoms with Gasteiger partial charge in [-0.25, -0.2) is 4.79 Å². The molecular formula is C36H35N3O5. The Labute approximate surface area is 256 Å². The van der Waals surface area contributed by atoms with Gasteiger partial charge < -0.3 is 14.6 Å². The standard InChI is InChI=1S/C36H35N3O5/c1-23-21-38(22-25-10-12-27(13-11-25)30-8-6-7-9-31(30)35(41)44-36(3,4)5)33-19-16-28(20-32(23)33)34(40)37-24(2)26-14-17-29(18-15-26)39(42)43/h6-21,24H,22H2,1-5H3,(H,37,40)/t24-/m0/s1. The van der Waals surface area contributed by atoms with Crippen molar-refractivity contribution in [1.82, 2.24) is 9.88 Å². The van der Waals surface area contributed by atoms with E-state index in [2.05, 4.69) is 28.2 Å². The summed E-state index contributed by atoms with van der Waals surface area (Å²) >= 11 is 0. The number of non-ortho nitro benzene ring substituents is 1. The van der Waals surface area contributed by atoms with Gasteiger partial charge in [0.2, 0.25) is 0 Å². The topological polar surface area (TPSA) is 103 Å². The van der Waals surface area contributed by atoms with E-state index in [-0.39, 0.29) is 23.6 Å². The predicted molar refractivity (Wildman–Crippen MR) is 172 cm³/mol. The Kier molecular flexibility index (Phi) is 8.36. The number of benzene rings is 4. The van der Waals surface area contributed by atoms with Gasteiger partial charge in [-0.05, 0) is 86.7 Å². The molecule has 1 amide bonds. The number of nitrogens with one attached hydrogen (secondary N) is 1. The second-order valence-corrected chi connectivity index (χ2v) is 12.0. The molecule has 0 radical (unpaired) electrons. The Hall–Kier alpha value is -5.24. The third kappa shape index (κ3) is 6.70. The monoisotopic (exact) mass is 589 g/mol. The van der Waals surface area contributed by atoms with Gasteiger partial charge in [0.15, 0.2) is 0 Å². The summed E-state index contributed by atoms with van der Waals surface area (Å²) in [5.74, 6) is -0.563. The van der Waals surface area contributed by atoms with Gasteiger partial charge in [-0.15, -0.1) is 0 Å². The SMILES string of the molecule is Cc1cn(Cc2ccc(-c3ccccc3C(=O)OC(C)(C)C)cc2)c2ccc(C(=O)N[C@@H](C)c3ccc([N+](=O)[O-])cc3)cc12. The summed E-state index contributed by atoms with van der Waals surface area (Å²) in [6.07, 6.45) is 2.08. The number of hydrogen-bond donors (Lipinski definition) is 1. The molecule has 0 saturated heterocycles. The van der Waals surface area contributed by atoms with Crippen LogP contribution in [0.3, 0.4) is 0 Å². The number of rotatable bonds is 8. The summed E-state index contributed by atoms with van der Waals surface area (Å²) in [4.78, 5) is 36.4. The second kappa shape index (κ2) is 12.2. The summed E-state index contributed by atoms with van der Waals surface area (Å²) in [7, 11) is 0. The van der Waals surface area contributed by atoms with Crippen LogP contribution in [0.15, 0.2) is 97.2 Å². The molecule has 0 aliphatic heterocycles. The summed E-state index contributed by atoms with van der Waals surface area (Å²) in [5, 5.41) is 14.9. The Morgan fingerprint density at radius 3 is 2.30 bits per heavy atom. The van der Waals surface area contributed by atoms with Crippen LogP contribution in [-0.4, -0.2) is 27.0 Å². The van der Waals surface area contributed by atoms with Crippen molar-refractivity contribution in [3.8, 4) is 11.1 Å². The molecule has 1 aromatic heterocycles. The van der Waals surface area contributed by atoms with Crippen molar-refractivity contribution < 1.29 is 19.2 Å². The molecule has 1 atom stereocenters. The van der Waals surface area contributed by atoms with Crippen LogP contribution in [0.2, 0.25) is 0 Å². The van der Waals surface area contributed by atoms with E-state index in [1.165, 1.54) is 12.1 Å². The van der Waals surface area contributed by atoms with Gasteiger partial charge in [0.05, 0.1) is 16.5 Å². The molecule has 0 aliphatic carbocycles. The molecule has 0 unspecified atom stereocenters. The number of nitrogens with zero attached hydrogens (tertiary/aromatic N) is 2. The molecule has 0 bridgehead atoms. The summed E-state index contributed by atoms with van der Waals surface area (Å²) in [6, 6.07) is 27.2. The van der Waals surface area contributed by atoms with Gasteiger partial charge in [0, 0.05) is 41.3 Å². The average Bonchev–Trinajstić information content (AvgIpc) is 3.30. The summed E-state index contributed by atoms with van der Waals surface area (Å²) < 4.78 is 7.78. The molecule has 8 heteroatoms. The fourth-order valence-corrected chi connectivity index (χ4v) is 5.23. The van der Waals surface area contributed by atoms with E-state index in [4.69, 9.17) is 4.74 Å². The maximum absolute atomic E-state index is 13.1. The number of esters is 1. The Balaban J connectivity index is 1.31. The second-order valence-electron chi connectivity index (χ2n) is 12.0. The molecule has 8 nitrogen and oxygen atoms in total. The number of fused-ring (bicyclic) bond motifs is 1. The normalized spacial score (nSPS) is 12.1. The quantitative estimate of drug-likeness (QED) is 0.112. The molecule has 0 aliphatic rings. The van der Waals surface area contributed by atoms with Crippen LogP contribution in [0, 0.1) is 17.0 Å². The van der Waals surface area contributed by atoms with Crippen LogP contribution in [0.1, 0.15) is 71.1 Å². The first-order chi connectivity index (χ1) is 20.9. The molecule has 5 rings (SSSR count). The summed E-state index contributed by atoms with van der Waals surface area (Å²) in [5.41, 5.74) is 6.21. The lowest BCUT2D eigenvalue weighted by molar-refractivity contribution is -0.384. The van der Waals surface area contributed by atoms with E-state index in [0.717, 1.165) is 38.7 Å². The molecule has 0 saturated carbocycles. The molecule has 1 N–H and O–H groups in total.